The van der Waals surface area contributed by atoms with Crippen LogP contribution < -0.4 is 0 Å². The maximum atomic E-state index is 12.6. The molecule has 0 fully saturated rings. The van der Waals surface area contributed by atoms with Gasteiger partial charge in [0.1, 0.15) is 19.3 Å². The van der Waals surface area contributed by atoms with Gasteiger partial charge in [-0.25, -0.2) is 4.57 Å². The number of phosphoric ester groups is 1. The molecule has 0 saturated heterocycles. The minimum atomic E-state index is -4.29. The number of carbonyl (C=O) groups is 1. The zero-order valence-electron chi connectivity index (χ0n) is 31.6. The number of esters is 1. The molecule has 0 aliphatic heterocycles. The molecule has 49 heavy (non-hydrogen) atoms. The Labute approximate surface area is 300 Å². The van der Waals surface area contributed by atoms with Crippen LogP contribution in [0.15, 0.2) is 72.9 Å². The van der Waals surface area contributed by atoms with Crippen LogP contribution in [-0.2, 0) is 27.9 Å². The summed E-state index contributed by atoms with van der Waals surface area (Å²) in [5, 5.41) is 0. The molecule has 0 aromatic carbocycles. The Hall–Kier alpha value is -2.06. The van der Waals surface area contributed by atoms with E-state index in [-0.39, 0.29) is 25.8 Å². The monoisotopic (exact) mass is 708 g/mol. The van der Waals surface area contributed by atoms with Crippen LogP contribution in [0, 0.1) is 0 Å². The quantitative estimate of drug-likeness (QED) is 0.0239. The van der Waals surface area contributed by atoms with Crippen molar-refractivity contribution in [1.82, 2.24) is 0 Å². The van der Waals surface area contributed by atoms with Gasteiger partial charge in [-0.2, -0.15) is 0 Å². The number of hydrogen-bond acceptors (Lipinski definition) is 6. The van der Waals surface area contributed by atoms with Crippen molar-refractivity contribution in [2.75, 3.05) is 54.1 Å². The van der Waals surface area contributed by atoms with Crippen LogP contribution in [0.1, 0.15) is 117 Å². The summed E-state index contributed by atoms with van der Waals surface area (Å²) in [6.07, 6.45) is 41.0. The van der Waals surface area contributed by atoms with Gasteiger partial charge in [-0.3, -0.25) is 13.8 Å². The highest BCUT2D eigenvalue weighted by molar-refractivity contribution is 7.47. The molecule has 0 aromatic heterocycles. The molecule has 282 valence electrons. The Morgan fingerprint density at radius 3 is 1.78 bits per heavy atom. The predicted molar refractivity (Wildman–Crippen MR) is 205 cm³/mol. The first-order valence-electron chi connectivity index (χ1n) is 18.7. The Balaban J connectivity index is 4.47. The smallest absolute Gasteiger partial charge is 0.457 e. The van der Waals surface area contributed by atoms with E-state index in [1.165, 1.54) is 25.7 Å². The van der Waals surface area contributed by atoms with Gasteiger partial charge in [-0.1, -0.05) is 119 Å². The third kappa shape index (κ3) is 37.0. The molecule has 0 amide bonds. The molecule has 9 heteroatoms. The van der Waals surface area contributed by atoms with E-state index < -0.39 is 13.9 Å². The Bertz CT molecular complexity index is 1010. The van der Waals surface area contributed by atoms with Gasteiger partial charge in [0.05, 0.1) is 41.0 Å². The summed E-state index contributed by atoms with van der Waals surface area (Å²) in [4.78, 5) is 22.7. The lowest BCUT2D eigenvalue weighted by molar-refractivity contribution is -0.870. The number of rotatable bonds is 33. The summed E-state index contributed by atoms with van der Waals surface area (Å²) in [6, 6.07) is 0. The Morgan fingerprint density at radius 2 is 1.18 bits per heavy atom. The Morgan fingerprint density at radius 1 is 0.653 bits per heavy atom. The summed E-state index contributed by atoms with van der Waals surface area (Å²) in [6.45, 7) is 5.19. The highest BCUT2D eigenvalue weighted by Crippen LogP contribution is 2.43. The fourth-order valence-corrected chi connectivity index (χ4v) is 5.10. The zero-order valence-corrected chi connectivity index (χ0v) is 32.5. The third-order valence-corrected chi connectivity index (χ3v) is 8.26. The van der Waals surface area contributed by atoms with E-state index in [2.05, 4.69) is 86.8 Å². The second kappa shape index (κ2) is 33.1. The zero-order chi connectivity index (χ0) is 36.3. The van der Waals surface area contributed by atoms with Crippen molar-refractivity contribution in [2.24, 2.45) is 0 Å². The molecule has 0 aromatic rings. The molecule has 1 N–H and O–H groups in total. The van der Waals surface area contributed by atoms with Crippen molar-refractivity contribution < 1.29 is 37.3 Å². The minimum absolute atomic E-state index is 0.0701. The fourth-order valence-electron chi connectivity index (χ4n) is 4.36. The van der Waals surface area contributed by atoms with Crippen LogP contribution in [0.25, 0.3) is 0 Å². The van der Waals surface area contributed by atoms with Crippen molar-refractivity contribution in [2.45, 2.75) is 123 Å². The van der Waals surface area contributed by atoms with E-state index >= 15 is 0 Å². The van der Waals surface area contributed by atoms with Crippen molar-refractivity contribution >= 4 is 13.8 Å². The second-order valence-electron chi connectivity index (χ2n) is 13.2. The van der Waals surface area contributed by atoms with Crippen molar-refractivity contribution in [1.29, 1.82) is 0 Å². The number of unbranched alkanes of at least 4 members (excludes halogenated alkanes) is 7. The number of carbonyl (C=O) groups excluding carboxylic acids is 1. The number of ether oxygens (including phenoxy) is 2. The van der Waals surface area contributed by atoms with Gasteiger partial charge >= 0.3 is 13.8 Å². The molecular weight excluding hydrogens is 637 g/mol. The van der Waals surface area contributed by atoms with Crippen LogP contribution in [0.4, 0.5) is 0 Å². The average Bonchev–Trinajstić information content (AvgIpc) is 3.04. The summed E-state index contributed by atoms with van der Waals surface area (Å²) in [5.74, 6) is -0.354. The van der Waals surface area contributed by atoms with E-state index in [0.717, 1.165) is 64.2 Å². The summed E-state index contributed by atoms with van der Waals surface area (Å²) in [5.41, 5.74) is 0. The van der Waals surface area contributed by atoms with Crippen LogP contribution in [0.2, 0.25) is 0 Å². The van der Waals surface area contributed by atoms with Gasteiger partial charge in [0.15, 0.2) is 0 Å². The summed E-state index contributed by atoms with van der Waals surface area (Å²) in [7, 11) is 1.60. The molecule has 2 atom stereocenters. The first-order valence-corrected chi connectivity index (χ1v) is 20.2. The standard InChI is InChI=1S/C40H70NO7P/c1-6-8-10-12-14-16-18-19-20-21-22-24-26-28-30-32-35-45-37-39(38-47-49(43,44)46-36-34-41(3,4)5)48-40(42)33-31-29-27-25-23-17-15-13-11-9-7-2/h8,10,13-16,19-20,22,24,28,30,39H,6-7,9,11-12,17-18,21,23,25-27,29,31-38H2,1-5H3/p+1/b10-8-,15-13-,16-14-,20-19-,24-22-,30-28-. The first-order chi connectivity index (χ1) is 23.6. The number of nitrogens with zero attached hydrogens (tertiary/aromatic N) is 1. The summed E-state index contributed by atoms with van der Waals surface area (Å²) < 4.78 is 34.7. The molecule has 0 saturated carbocycles. The highest BCUT2D eigenvalue weighted by Gasteiger charge is 2.26. The van der Waals surface area contributed by atoms with Crippen molar-refractivity contribution in [3.63, 3.8) is 0 Å². The van der Waals surface area contributed by atoms with E-state index in [4.69, 9.17) is 18.5 Å². The third-order valence-electron chi connectivity index (χ3n) is 7.27. The molecule has 0 bridgehead atoms. The molecule has 0 aliphatic rings. The SMILES string of the molecule is CC/C=C\C/C=C\C/C=C\C/C=C\C/C=C\CCOCC(COP(=O)(O)OCC[N+](C)(C)C)OC(=O)CCCCCCC/C=C\CCCC. The number of quaternary nitrogens is 1. The topological polar surface area (TPSA) is 91.3 Å². The first kappa shape index (κ1) is 46.9. The maximum Gasteiger partial charge on any atom is 0.472 e. The maximum absolute atomic E-state index is 12.6. The van der Waals surface area contributed by atoms with Crippen LogP contribution in [0.5, 0.6) is 0 Å². The minimum Gasteiger partial charge on any atom is -0.457 e. The van der Waals surface area contributed by atoms with E-state index in [1.54, 1.807) is 0 Å². The van der Waals surface area contributed by atoms with Crippen LogP contribution in [-0.4, -0.2) is 75.6 Å². The normalized spacial score (nSPS) is 14.8. The second-order valence-corrected chi connectivity index (χ2v) is 14.7. The number of likely N-dealkylation sites (N-methyl/N-ethyl adjacent to an activating group) is 1. The molecule has 0 spiro atoms. The number of phosphoric acid groups is 1. The van der Waals surface area contributed by atoms with Crippen LogP contribution in [0.3, 0.4) is 0 Å². The Kier molecular flexibility index (Phi) is 31.7. The molecule has 0 radical (unpaired) electrons. The lowest BCUT2D eigenvalue weighted by Crippen LogP contribution is -2.37. The van der Waals surface area contributed by atoms with Crippen molar-refractivity contribution in [3.05, 3.63) is 72.9 Å². The van der Waals surface area contributed by atoms with Gasteiger partial charge in [-0.15, -0.1) is 0 Å². The average molecular weight is 709 g/mol. The lowest BCUT2D eigenvalue weighted by Gasteiger charge is -2.24. The van der Waals surface area contributed by atoms with Gasteiger partial charge in [-0.05, 0) is 64.2 Å². The van der Waals surface area contributed by atoms with Gasteiger partial charge < -0.3 is 18.9 Å². The molecular formula is C40H71NO7P+. The lowest BCUT2D eigenvalue weighted by atomic mass is 10.1. The van der Waals surface area contributed by atoms with Gasteiger partial charge in [0.2, 0.25) is 0 Å². The highest BCUT2D eigenvalue weighted by atomic mass is 31.2. The molecule has 0 heterocycles. The van der Waals surface area contributed by atoms with E-state index in [0.29, 0.717) is 30.5 Å². The molecule has 0 aliphatic carbocycles. The predicted octanol–water partition coefficient (Wildman–Crippen LogP) is 10.4. The number of allylic oxidation sites excluding steroid dienone is 11. The van der Waals surface area contributed by atoms with Gasteiger partial charge in [0, 0.05) is 6.42 Å². The van der Waals surface area contributed by atoms with Crippen LogP contribution >= 0.6 is 7.82 Å². The van der Waals surface area contributed by atoms with E-state index in [9.17, 15) is 14.3 Å². The molecule has 2 unspecified atom stereocenters. The fraction of sp³-hybridized carbons (Fsp3) is 0.675. The number of hydrogen-bond donors (Lipinski definition) is 1. The molecule has 8 nitrogen and oxygen atoms in total. The summed E-state index contributed by atoms with van der Waals surface area (Å²) >= 11 is 0. The largest absolute Gasteiger partial charge is 0.472 e. The van der Waals surface area contributed by atoms with E-state index in [1.807, 2.05) is 21.1 Å². The van der Waals surface area contributed by atoms with Gasteiger partial charge in [0.25, 0.3) is 0 Å². The van der Waals surface area contributed by atoms with Crippen molar-refractivity contribution in [3.8, 4) is 0 Å². The molecule has 0 rings (SSSR count).